The number of amides is 3. The second-order valence-electron chi connectivity index (χ2n) is 8.65. The van der Waals surface area contributed by atoms with E-state index in [1.165, 1.54) is 34.4 Å². The minimum absolute atomic E-state index is 0.0389. The Morgan fingerprint density at radius 2 is 1.83 bits per heavy atom. The molecule has 4 rings (SSSR count). The molecule has 2 N–H and O–H groups in total. The molecule has 6 nitrogen and oxygen atoms in total. The van der Waals surface area contributed by atoms with Crippen molar-refractivity contribution >= 4 is 34.7 Å². The first-order chi connectivity index (χ1) is 16.9. The number of halogens is 1. The van der Waals surface area contributed by atoms with Crippen LogP contribution in [-0.4, -0.2) is 30.3 Å². The fraction of sp³-hybridized carbons (Fsp3) is 0.296. The molecule has 1 saturated carbocycles. The van der Waals surface area contributed by atoms with Crippen LogP contribution in [0.2, 0.25) is 0 Å². The molecule has 1 atom stereocenters. The maximum atomic E-state index is 14.3. The van der Waals surface area contributed by atoms with Gasteiger partial charge in [0.15, 0.2) is 0 Å². The van der Waals surface area contributed by atoms with Crippen molar-refractivity contribution in [2.45, 2.75) is 44.7 Å². The average molecular weight is 494 g/mol. The molecule has 8 heteroatoms. The Kier molecular flexibility index (Phi) is 7.92. The van der Waals surface area contributed by atoms with Crippen LogP contribution in [0, 0.1) is 12.7 Å². The highest BCUT2D eigenvalue weighted by molar-refractivity contribution is 7.12. The molecule has 1 aliphatic rings. The second kappa shape index (κ2) is 11.3. The largest absolute Gasteiger partial charge is 0.351 e. The van der Waals surface area contributed by atoms with Crippen LogP contribution in [0.15, 0.2) is 66.0 Å². The third kappa shape index (κ3) is 5.95. The van der Waals surface area contributed by atoms with Crippen LogP contribution >= 0.6 is 11.3 Å². The predicted molar refractivity (Wildman–Crippen MR) is 135 cm³/mol. The van der Waals surface area contributed by atoms with Crippen LogP contribution in [0.25, 0.3) is 0 Å². The lowest BCUT2D eigenvalue weighted by atomic mass is 9.97. The summed E-state index contributed by atoms with van der Waals surface area (Å²) in [6, 6.07) is 15.4. The summed E-state index contributed by atoms with van der Waals surface area (Å²) in [5.74, 6) is -1.75. The minimum Gasteiger partial charge on any atom is -0.351 e. The highest BCUT2D eigenvalue weighted by atomic mass is 32.1. The van der Waals surface area contributed by atoms with Crippen LogP contribution in [0.5, 0.6) is 0 Å². The van der Waals surface area contributed by atoms with Crippen LogP contribution < -0.4 is 15.5 Å². The normalized spacial score (nSPS) is 14.3. The lowest BCUT2D eigenvalue weighted by Gasteiger charge is -2.33. The molecule has 1 heterocycles. The first-order valence-corrected chi connectivity index (χ1v) is 12.6. The molecule has 35 heavy (non-hydrogen) atoms. The fourth-order valence-electron chi connectivity index (χ4n) is 4.44. The van der Waals surface area contributed by atoms with Crippen LogP contribution in [0.1, 0.15) is 52.5 Å². The summed E-state index contributed by atoms with van der Waals surface area (Å²) in [5.41, 5.74) is 1.72. The van der Waals surface area contributed by atoms with Gasteiger partial charge in [-0.05, 0) is 60.5 Å². The highest BCUT2D eigenvalue weighted by Crippen LogP contribution is 2.31. The highest BCUT2D eigenvalue weighted by Gasteiger charge is 2.35. The number of rotatable bonds is 8. The fourth-order valence-corrected chi connectivity index (χ4v) is 5.08. The summed E-state index contributed by atoms with van der Waals surface area (Å²) >= 11 is 1.27. The molecule has 0 radical (unpaired) electrons. The van der Waals surface area contributed by atoms with E-state index in [-0.39, 0.29) is 30.1 Å². The molecule has 182 valence electrons. The molecule has 1 aliphatic carbocycles. The van der Waals surface area contributed by atoms with E-state index in [2.05, 4.69) is 10.6 Å². The molecular weight excluding hydrogens is 465 g/mol. The molecule has 3 amide bonds. The van der Waals surface area contributed by atoms with Gasteiger partial charge in [-0.25, -0.2) is 4.39 Å². The van der Waals surface area contributed by atoms with Crippen molar-refractivity contribution in [3.05, 3.63) is 87.9 Å². The zero-order valence-electron chi connectivity index (χ0n) is 19.5. The molecule has 0 spiro atoms. The molecule has 0 saturated heterocycles. The van der Waals surface area contributed by atoms with Crippen LogP contribution in [-0.2, 0) is 9.59 Å². The number of hydrogen-bond acceptors (Lipinski definition) is 4. The zero-order chi connectivity index (χ0) is 24.8. The summed E-state index contributed by atoms with van der Waals surface area (Å²) in [6.45, 7) is 1.53. The number of nitrogens with one attached hydrogen (secondary N) is 2. The van der Waals surface area contributed by atoms with Gasteiger partial charge < -0.3 is 10.6 Å². The Bertz CT molecular complexity index is 1190. The lowest BCUT2D eigenvalue weighted by Crippen LogP contribution is -2.49. The number of aryl methyl sites for hydroxylation is 1. The standard InChI is InChI=1S/C27H28FN3O3S/c1-18-8-2-5-13-22(18)25(27(34)30-20-10-3-4-11-20)31(21-12-6-9-19(28)16-21)24(32)17-29-26(33)23-14-7-15-35-23/h2,5-9,12-16,20,25H,3-4,10-11,17H2,1H3,(H,29,33)(H,30,34)/t25-/m0/s1. The maximum Gasteiger partial charge on any atom is 0.261 e. The maximum absolute atomic E-state index is 14.3. The zero-order valence-corrected chi connectivity index (χ0v) is 20.3. The molecule has 0 aliphatic heterocycles. The number of hydrogen-bond donors (Lipinski definition) is 2. The first kappa shape index (κ1) is 24.6. The Morgan fingerprint density at radius 1 is 1.06 bits per heavy atom. The van der Waals surface area contributed by atoms with Gasteiger partial charge in [-0.2, -0.15) is 0 Å². The Labute approximate surface area is 208 Å². The van der Waals surface area contributed by atoms with Gasteiger partial charge in [0, 0.05) is 11.7 Å². The van der Waals surface area contributed by atoms with Crippen molar-refractivity contribution in [3.8, 4) is 0 Å². The summed E-state index contributed by atoms with van der Waals surface area (Å²) in [6.07, 6.45) is 3.86. The topological polar surface area (TPSA) is 78.5 Å². The van der Waals surface area contributed by atoms with Crippen molar-refractivity contribution in [1.82, 2.24) is 10.6 Å². The summed E-state index contributed by atoms with van der Waals surface area (Å²) in [7, 11) is 0. The van der Waals surface area contributed by atoms with Gasteiger partial charge in [0.2, 0.25) is 11.8 Å². The lowest BCUT2D eigenvalue weighted by molar-refractivity contribution is -0.126. The minimum atomic E-state index is -1.02. The Balaban J connectivity index is 1.70. The van der Waals surface area contributed by atoms with Crippen molar-refractivity contribution in [2.24, 2.45) is 0 Å². The van der Waals surface area contributed by atoms with Crippen LogP contribution in [0.3, 0.4) is 0 Å². The number of carbonyl (C=O) groups excluding carboxylic acids is 3. The van der Waals surface area contributed by atoms with Gasteiger partial charge in [0.05, 0.1) is 11.4 Å². The summed E-state index contributed by atoms with van der Waals surface area (Å²) < 4.78 is 14.3. The van der Waals surface area contributed by atoms with Crippen molar-refractivity contribution in [2.75, 3.05) is 11.4 Å². The Hall–Kier alpha value is -3.52. The third-order valence-corrected chi connectivity index (χ3v) is 7.06. The van der Waals surface area contributed by atoms with Gasteiger partial charge in [0.25, 0.3) is 5.91 Å². The third-order valence-electron chi connectivity index (χ3n) is 6.19. The van der Waals surface area contributed by atoms with E-state index in [1.807, 2.05) is 25.1 Å². The Morgan fingerprint density at radius 3 is 2.51 bits per heavy atom. The van der Waals surface area contributed by atoms with E-state index in [0.717, 1.165) is 31.2 Å². The molecular formula is C27H28FN3O3S. The molecule has 1 fully saturated rings. The molecule has 2 aromatic carbocycles. The van der Waals surface area contributed by atoms with E-state index in [0.29, 0.717) is 10.4 Å². The monoisotopic (exact) mass is 493 g/mol. The van der Waals surface area contributed by atoms with Crippen molar-refractivity contribution in [3.63, 3.8) is 0 Å². The van der Waals surface area contributed by atoms with Gasteiger partial charge in [-0.1, -0.05) is 49.2 Å². The van der Waals surface area contributed by atoms with Gasteiger partial charge in [-0.15, -0.1) is 11.3 Å². The first-order valence-electron chi connectivity index (χ1n) is 11.7. The number of nitrogens with zero attached hydrogens (tertiary/aromatic N) is 1. The molecule has 1 aromatic heterocycles. The summed E-state index contributed by atoms with van der Waals surface area (Å²) in [4.78, 5) is 41.5. The van der Waals surface area contributed by atoms with Crippen LogP contribution in [0.4, 0.5) is 10.1 Å². The number of carbonyl (C=O) groups is 3. The smallest absolute Gasteiger partial charge is 0.261 e. The van der Waals surface area contributed by atoms with Gasteiger partial charge in [0.1, 0.15) is 11.9 Å². The van der Waals surface area contributed by atoms with E-state index in [9.17, 15) is 18.8 Å². The summed E-state index contributed by atoms with van der Waals surface area (Å²) in [5, 5.41) is 7.51. The number of benzene rings is 2. The molecule has 0 unspecified atom stereocenters. The number of thiophene rings is 1. The average Bonchev–Trinajstić information content (AvgIpc) is 3.56. The second-order valence-corrected chi connectivity index (χ2v) is 9.60. The quantitative estimate of drug-likeness (QED) is 0.475. The SMILES string of the molecule is Cc1ccccc1[C@@H](C(=O)NC1CCCC1)N(C(=O)CNC(=O)c1cccs1)c1cccc(F)c1. The van der Waals surface area contributed by atoms with Gasteiger partial charge >= 0.3 is 0 Å². The van der Waals surface area contributed by atoms with Crippen molar-refractivity contribution < 1.29 is 18.8 Å². The molecule has 3 aromatic rings. The number of anilines is 1. The molecule has 0 bridgehead atoms. The van der Waals surface area contributed by atoms with Gasteiger partial charge in [-0.3, -0.25) is 19.3 Å². The van der Waals surface area contributed by atoms with E-state index >= 15 is 0 Å². The van der Waals surface area contributed by atoms with E-state index in [4.69, 9.17) is 0 Å². The predicted octanol–water partition coefficient (Wildman–Crippen LogP) is 4.76. The van der Waals surface area contributed by atoms with E-state index < -0.39 is 17.8 Å². The van der Waals surface area contributed by atoms with E-state index in [1.54, 1.807) is 29.6 Å². The van der Waals surface area contributed by atoms with Crippen molar-refractivity contribution in [1.29, 1.82) is 0 Å².